The highest BCUT2D eigenvalue weighted by Crippen LogP contribution is 2.21. The van der Waals surface area contributed by atoms with E-state index in [9.17, 15) is 9.59 Å². The Bertz CT molecular complexity index is 737. The second-order valence-corrected chi connectivity index (χ2v) is 6.04. The molecule has 0 bridgehead atoms. The van der Waals surface area contributed by atoms with Crippen LogP contribution in [0, 0.1) is 0 Å². The Balaban J connectivity index is 1.96. The Morgan fingerprint density at radius 2 is 1.59 bits per heavy atom. The molecule has 0 aromatic heterocycles. The summed E-state index contributed by atoms with van der Waals surface area (Å²) >= 11 is 0. The van der Waals surface area contributed by atoms with Gasteiger partial charge in [-0.2, -0.15) is 0 Å². The first-order valence-corrected chi connectivity index (χ1v) is 9.37. The third kappa shape index (κ3) is 6.44. The largest absolute Gasteiger partial charge is 0.494 e. The van der Waals surface area contributed by atoms with Crippen LogP contribution in [-0.4, -0.2) is 25.2 Å². The number of rotatable bonds is 10. The van der Waals surface area contributed by atoms with Gasteiger partial charge in [0.2, 0.25) is 0 Å². The zero-order valence-corrected chi connectivity index (χ0v) is 15.9. The van der Waals surface area contributed by atoms with Crippen LogP contribution in [0.4, 0.5) is 0 Å². The number of carbonyl (C=O) groups excluding carboxylic acids is 2. The van der Waals surface area contributed by atoms with Crippen molar-refractivity contribution in [3.05, 3.63) is 59.7 Å². The molecule has 0 heterocycles. The van der Waals surface area contributed by atoms with E-state index in [0.29, 0.717) is 12.2 Å². The highest BCUT2D eigenvalue weighted by molar-refractivity contribution is 5.96. The number of hydrogen-bond acceptors (Lipinski definition) is 5. The number of carbonyl (C=O) groups is 2. The molecular weight excluding hydrogens is 344 g/mol. The van der Waals surface area contributed by atoms with Gasteiger partial charge in [-0.05, 0) is 49.7 Å². The van der Waals surface area contributed by atoms with Gasteiger partial charge >= 0.3 is 11.9 Å². The van der Waals surface area contributed by atoms with Crippen LogP contribution in [0.5, 0.6) is 11.5 Å². The van der Waals surface area contributed by atoms with Gasteiger partial charge in [0.15, 0.2) is 0 Å². The van der Waals surface area contributed by atoms with Crippen molar-refractivity contribution >= 4 is 11.9 Å². The van der Waals surface area contributed by atoms with Crippen molar-refractivity contribution < 1.29 is 23.8 Å². The zero-order chi connectivity index (χ0) is 19.5. The minimum Gasteiger partial charge on any atom is -0.494 e. The summed E-state index contributed by atoms with van der Waals surface area (Å²) in [6.07, 6.45) is 4.57. The minimum atomic E-state index is -0.541. The number of para-hydroxylation sites is 1. The molecular formula is C22H26O5. The highest BCUT2D eigenvalue weighted by atomic mass is 16.5. The molecule has 5 heteroatoms. The van der Waals surface area contributed by atoms with Gasteiger partial charge in [0, 0.05) is 0 Å². The predicted molar refractivity (Wildman–Crippen MR) is 103 cm³/mol. The Hall–Kier alpha value is -2.82. The third-order valence-corrected chi connectivity index (χ3v) is 3.94. The second kappa shape index (κ2) is 11.0. The van der Waals surface area contributed by atoms with Crippen molar-refractivity contribution in [2.45, 2.75) is 39.5 Å². The number of hydrogen-bond donors (Lipinski definition) is 0. The SMILES string of the molecule is CCCCCCOc1ccc(C(=O)Oc2ccccc2C(=O)OCC)cc1. The van der Waals surface area contributed by atoms with Crippen LogP contribution in [0.1, 0.15) is 60.2 Å². The first kappa shape index (κ1) is 20.5. The maximum Gasteiger partial charge on any atom is 0.343 e. The summed E-state index contributed by atoms with van der Waals surface area (Å²) in [4.78, 5) is 24.3. The number of benzene rings is 2. The molecule has 2 rings (SSSR count). The lowest BCUT2D eigenvalue weighted by atomic mass is 10.2. The molecule has 5 nitrogen and oxygen atoms in total. The fourth-order valence-electron chi connectivity index (χ4n) is 2.50. The first-order chi connectivity index (χ1) is 13.2. The Morgan fingerprint density at radius 1 is 0.852 bits per heavy atom. The van der Waals surface area contributed by atoms with Gasteiger partial charge < -0.3 is 14.2 Å². The van der Waals surface area contributed by atoms with E-state index in [-0.39, 0.29) is 17.9 Å². The molecule has 0 fully saturated rings. The van der Waals surface area contributed by atoms with Gasteiger partial charge in [-0.15, -0.1) is 0 Å². The summed E-state index contributed by atoms with van der Waals surface area (Å²) in [6, 6.07) is 13.3. The molecule has 144 valence electrons. The smallest absolute Gasteiger partial charge is 0.343 e. The molecule has 27 heavy (non-hydrogen) atoms. The molecule has 0 aliphatic carbocycles. The van der Waals surface area contributed by atoms with Crippen molar-refractivity contribution in [3.8, 4) is 11.5 Å². The summed E-state index contributed by atoms with van der Waals surface area (Å²) < 4.78 is 16.0. The average molecular weight is 370 g/mol. The standard InChI is InChI=1S/C22H26O5/c1-3-5-6-9-16-26-18-14-12-17(13-15-18)21(23)27-20-11-8-7-10-19(20)22(24)25-4-2/h7-8,10-15H,3-6,9,16H2,1-2H3. The lowest BCUT2D eigenvalue weighted by Crippen LogP contribution is -2.13. The molecule has 0 spiro atoms. The van der Waals surface area contributed by atoms with Crippen molar-refractivity contribution in [1.29, 1.82) is 0 Å². The van der Waals surface area contributed by atoms with E-state index in [2.05, 4.69) is 6.92 Å². The van der Waals surface area contributed by atoms with Gasteiger partial charge in [-0.1, -0.05) is 38.3 Å². The van der Waals surface area contributed by atoms with E-state index in [0.717, 1.165) is 18.6 Å². The molecule has 2 aromatic rings. The van der Waals surface area contributed by atoms with Crippen molar-refractivity contribution in [1.82, 2.24) is 0 Å². The van der Waals surface area contributed by atoms with Gasteiger partial charge in [-0.25, -0.2) is 9.59 Å². The monoisotopic (exact) mass is 370 g/mol. The van der Waals surface area contributed by atoms with Crippen LogP contribution in [0.15, 0.2) is 48.5 Å². The maximum atomic E-state index is 12.4. The van der Waals surface area contributed by atoms with E-state index in [4.69, 9.17) is 14.2 Å². The van der Waals surface area contributed by atoms with Crippen LogP contribution in [-0.2, 0) is 4.74 Å². The van der Waals surface area contributed by atoms with Crippen molar-refractivity contribution in [2.24, 2.45) is 0 Å². The maximum absolute atomic E-state index is 12.4. The van der Waals surface area contributed by atoms with E-state index in [1.54, 1.807) is 55.5 Å². The third-order valence-electron chi connectivity index (χ3n) is 3.94. The molecule has 0 saturated carbocycles. The second-order valence-electron chi connectivity index (χ2n) is 6.04. The average Bonchev–Trinajstić information content (AvgIpc) is 2.69. The summed E-state index contributed by atoms with van der Waals surface area (Å²) in [5, 5.41) is 0. The number of esters is 2. The van der Waals surface area contributed by atoms with Crippen LogP contribution >= 0.6 is 0 Å². The van der Waals surface area contributed by atoms with Gasteiger partial charge in [-0.3, -0.25) is 0 Å². The Labute approximate surface area is 160 Å². The summed E-state index contributed by atoms with van der Waals surface area (Å²) in [7, 11) is 0. The van der Waals surface area contributed by atoms with Crippen LogP contribution in [0.2, 0.25) is 0 Å². The summed E-state index contributed by atoms with van der Waals surface area (Å²) in [5.41, 5.74) is 0.603. The molecule has 0 amide bonds. The molecule has 0 radical (unpaired) electrons. The predicted octanol–water partition coefficient (Wildman–Crippen LogP) is 5.04. The van der Waals surface area contributed by atoms with Crippen LogP contribution in [0.3, 0.4) is 0 Å². The normalized spacial score (nSPS) is 10.3. The van der Waals surface area contributed by atoms with E-state index in [1.165, 1.54) is 12.8 Å². The topological polar surface area (TPSA) is 61.8 Å². The number of unbranched alkanes of at least 4 members (excludes halogenated alkanes) is 3. The lowest BCUT2D eigenvalue weighted by Gasteiger charge is -2.10. The molecule has 0 unspecified atom stereocenters. The minimum absolute atomic E-state index is 0.178. The van der Waals surface area contributed by atoms with E-state index < -0.39 is 11.9 Å². The van der Waals surface area contributed by atoms with Gasteiger partial charge in [0.05, 0.1) is 18.8 Å². The summed E-state index contributed by atoms with van der Waals surface area (Å²) in [5.74, 6) is -0.166. The molecule has 0 aliphatic rings. The van der Waals surface area contributed by atoms with Gasteiger partial charge in [0.25, 0.3) is 0 Å². The fourth-order valence-corrected chi connectivity index (χ4v) is 2.50. The fraction of sp³-hybridized carbons (Fsp3) is 0.364. The Kier molecular flexibility index (Phi) is 8.36. The van der Waals surface area contributed by atoms with Crippen LogP contribution in [0.25, 0.3) is 0 Å². The van der Waals surface area contributed by atoms with Crippen molar-refractivity contribution in [3.63, 3.8) is 0 Å². The molecule has 0 atom stereocenters. The zero-order valence-electron chi connectivity index (χ0n) is 15.9. The molecule has 0 aliphatic heterocycles. The lowest BCUT2D eigenvalue weighted by molar-refractivity contribution is 0.0520. The van der Waals surface area contributed by atoms with E-state index in [1.807, 2.05) is 0 Å². The van der Waals surface area contributed by atoms with E-state index >= 15 is 0 Å². The van der Waals surface area contributed by atoms with Crippen molar-refractivity contribution in [2.75, 3.05) is 13.2 Å². The highest BCUT2D eigenvalue weighted by Gasteiger charge is 2.17. The first-order valence-electron chi connectivity index (χ1n) is 9.37. The van der Waals surface area contributed by atoms with Crippen LogP contribution < -0.4 is 9.47 Å². The quantitative estimate of drug-likeness (QED) is 0.333. The molecule has 2 aromatic carbocycles. The summed E-state index contributed by atoms with van der Waals surface area (Å²) in [6.45, 7) is 4.81. The Morgan fingerprint density at radius 3 is 2.30 bits per heavy atom. The van der Waals surface area contributed by atoms with Gasteiger partial charge in [0.1, 0.15) is 17.1 Å². The molecule has 0 N–H and O–H groups in total. The number of ether oxygens (including phenoxy) is 3. The molecule has 0 saturated heterocycles.